The number of benzene rings is 2. The fourth-order valence-corrected chi connectivity index (χ4v) is 3.36. The molecular weight excluding hydrogens is 317 g/mol. The van der Waals surface area contributed by atoms with Crippen LogP contribution in [0, 0.1) is 0 Å². The lowest BCUT2D eigenvalue weighted by atomic mass is 10.2. The van der Waals surface area contributed by atoms with Gasteiger partial charge in [-0.25, -0.2) is 0 Å². The molecule has 0 unspecified atom stereocenters. The van der Waals surface area contributed by atoms with Crippen molar-refractivity contribution in [3.63, 3.8) is 0 Å². The Morgan fingerprint density at radius 3 is 2.85 bits per heavy atom. The number of ether oxygens (including phenoxy) is 2. The minimum absolute atomic E-state index is 0.215. The second kappa shape index (κ2) is 5.64. The van der Waals surface area contributed by atoms with Crippen molar-refractivity contribution >= 4 is 40.7 Å². The molecule has 3 nitrogen and oxygen atoms in total. The molecule has 0 amide bonds. The largest absolute Gasteiger partial charge is 0.454 e. The van der Waals surface area contributed by atoms with E-state index in [9.17, 15) is 0 Å². The van der Waals surface area contributed by atoms with E-state index in [1.807, 2.05) is 18.2 Å². The van der Waals surface area contributed by atoms with Gasteiger partial charge in [-0.3, -0.25) is 0 Å². The normalized spacial score (nSPS) is 12.7. The number of hydrogen-bond donors (Lipinski definition) is 1. The van der Waals surface area contributed by atoms with Crippen LogP contribution in [0.4, 0.5) is 5.69 Å². The van der Waals surface area contributed by atoms with E-state index in [0.717, 1.165) is 16.2 Å². The van der Waals surface area contributed by atoms with Crippen LogP contribution in [0.1, 0.15) is 5.56 Å². The van der Waals surface area contributed by atoms with Gasteiger partial charge in [0.1, 0.15) is 0 Å². The number of halogens is 2. The van der Waals surface area contributed by atoms with E-state index in [-0.39, 0.29) is 6.79 Å². The molecule has 0 bridgehead atoms. The molecule has 1 heterocycles. The van der Waals surface area contributed by atoms with Crippen LogP contribution in [-0.4, -0.2) is 6.79 Å². The van der Waals surface area contributed by atoms with E-state index in [2.05, 4.69) is 0 Å². The molecule has 6 heteroatoms. The molecule has 0 spiro atoms. The van der Waals surface area contributed by atoms with Gasteiger partial charge in [0.25, 0.3) is 0 Å². The Labute approximate surface area is 131 Å². The molecule has 0 fully saturated rings. The zero-order chi connectivity index (χ0) is 14.1. The number of nitrogen functional groups attached to an aromatic ring is 1. The van der Waals surface area contributed by atoms with Crippen molar-refractivity contribution in [1.82, 2.24) is 0 Å². The van der Waals surface area contributed by atoms with Crippen molar-refractivity contribution in [2.75, 3.05) is 12.5 Å². The molecule has 1 aliphatic heterocycles. The Morgan fingerprint density at radius 1 is 1.15 bits per heavy atom. The highest BCUT2D eigenvalue weighted by Gasteiger charge is 2.18. The number of thioether (sulfide) groups is 1. The average molecular weight is 328 g/mol. The number of rotatable bonds is 3. The summed E-state index contributed by atoms with van der Waals surface area (Å²) in [5.41, 5.74) is 7.68. The maximum Gasteiger partial charge on any atom is 0.231 e. The molecular formula is C14H11Cl2NO2S. The first-order valence-corrected chi connectivity index (χ1v) is 7.63. The van der Waals surface area contributed by atoms with Crippen LogP contribution in [0.25, 0.3) is 0 Å². The molecule has 104 valence electrons. The maximum absolute atomic E-state index is 6.15. The van der Waals surface area contributed by atoms with Gasteiger partial charge in [-0.2, -0.15) is 0 Å². The lowest BCUT2D eigenvalue weighted by molar-refractivity contribution is 0.174. The zero-order valence-corrected chi connectivity index (χ0v) is 12.7. The highest BCUT2D eigenvalue weighted by Crippen LogP contribution is 2.41. The maximum atomic E-state index is 6.15. The van der Waals surface area contributed by atoms with Crippen molar-refractivity contribution in [3.05, 3.63) is 45.9 Å². The van der Waals surface area contributed by atoms with Crippen LogP contribution in [0.3, 0.4) is 0 Å². The topological polar surface area (TPSA) is 44.5 Å². The third-order valence-corrected chi connectivity index (χ3v) is 4.52. The highest BCUT2D eigenvalue weighted by molar-refractivity contribution is 7.98. The second-order valence-corrected chi connectivity index (χ2v) is 6.14. The first-order valence-electron chi connectivity index (χ1n) is 5.89. The van der Waals surface area contributed by atoms with Gasteiger partial charge in [0, 0.05) is 21.4 Å². The standard InChI is InChI=1S/C14H11Cl2NO2S/c15-9-1-2-11(17)13(5-9)20-6-8-3-10(16)14-12(4-8)18-7-19-14/h1-5H,6-7,17H2. The molecule has 0 saturated heterocycles. The van der Waals surface area contributed by atoms with Crippen molar-refractivity contribution in [2.24, 2.45) is 0 Å². The third-order valence-electron chi connectivity index (χ3n) is 2.86. The molecule has 0 radical (unpaired) electrons. The van der Waals surface area contributed by atoms with Gasteiger partial charge in [-0.15, -0.1) is 11.8 Å². The molecule has 0 atom stereocenters. The fourth-order valence-electron chi connectivity index (χ4n) is 1.90. The van der Waals surface area contributed by atoms with Crippen LogP contribution < -0.4 is 15.2 Å². The van der Waals surface area contributed by atoms with Crippen LogP contribution in [-0.2, 0) is 5.75 Å². The smallest absolute Gasteiger partial charge is 0.231 e. The minimum atomic E-state index is 0.215. The summed E-state index contributed by atoms with van der Waals surface area (Å²) in [5, 5.41) is 1.24. The minimum Gasteiger partial charge on any atom is -0.454 e. The Hall–Kier alpha value is -1.23. The lowest BCUT2D eigenvalue weighted by Crippen LogP contribution is -1.93. The molecule has 0 aromatic heterocycles. The summed E-state index contributed by atoms with van der Waals surface area (Å²) in [5.74, 6) is 2.02. The Kier molecular flexibility index (Phi) is 3.87. The highest BCUT2D eigenvalue weighted by atomic mass is 35.5. The van der Waals surface area contributed by atoms with Crippen molar-refractivity contribution in [3.8, 4) is 11.5 Å². The van der Waals surface area contributed by atoms with Crippen LogP contribution in [0.5, 0.6) is 11.5 Å². The van der Waals surface area contributed by atoms with Crippen LogP contribution in [0.2, 0.25) is 10.0 Å². The van der Waals surface area contributed by atoms with Gasteiger partial charge in [0.05, 0.1) is 5.02 Å². The van der Waals surface area contributed by atoms with Gasteiger partial charge in [0.2, 0.25) is 6.79 Å². The third kappa shape index (κ3) is 2.77. The predicted molar refractivity (Wildman–Crippen MR) is 83.0 cm³/mol. The number of nitrogens with two attached hydrogens (primary N) is 1. The van der Waals surface area contributed by atoms with Crippen LogP contribution in [0.15, 0.2) is 35.2 Å². The van der Waals surface area contributed by atoms with Crippen molar-refractivity contribution in [2.45, 2.75) is 10.6 Å². The van der Waals surface area contributed by atoms with E-state index in [1.54, 1.807) is 23.9 Å². The van der Waals surface area contributed by atoms with Gasteiger partial charge < -0.3 is 15.2 Å². The molecule has 0 saturated carbocycles. The fraction of sp³-hybridized carbons (Fsp3) is 0.143. The SMILES string of the molecule is Nc1ccc(Cl)cc1SCc1cc(Cl)c2c(c1)OCO2. The van der Waals surface area contributed by atoms with Crippen molar-refractivity contribution in [1.29, 1.82) is 0 Å². The molecule has 20 heavy (non-hydrogen) atoms. The van der Waals surface area contributed by atoms with Crippen molar-refractivity contribution < 1.29 is 9.47 Å². The Morgan fingerprint density at radius 2 is 2.00 bits per heavy atom. The summed E-state index contributed by atoms with van der Waals surface area (Å²) in [7, 11) is 0. The Bertz CT molecular complexity index is 664. The Balaban J connectivity index is 1.79. The van der Waals surface area contributed by atoms with Gasteiger partial charge >= 0.3 is 0 Å². The summed E-state index contributed by atoms with van der Waals surface area (Å²) in [4.78, 5) is 0.950. The summed E-state index contributed by atoms with van der Waals surface area (Å²) < 4.78 is 10.6. The first-order chi connectivity index (χ1) is 9.63. The van der Waals surface area contributed by atoms with Crippen LogP contribution >= 0.6 is 35.0 Å². The zero-order valence-electron chi connectivity index (χ0n) is 10.4. The van der Waals surface area contributed by atoms with Gasteiger partial charge in [-0.05, 0) is 35.9 Å². The molecule has 1 aliphatic rings. The number of hydrogen-bond acceptors (Lipinski definition) is 4. The number of anilines is 1. The van der Waals surface area contributed by atoms with Gasteiger partial charge in [0.15, 0.2) is 11.5 Å². The summed E-state index contributed by atoms with van der Waals surface area (Å²) in [6.45, 7) is 0.215. The quantitative estimate of drug-likeness (QED) is 0.661. The molecule has 2 aromatic carbocycles. The summed E-state index contributed by atoms with van der Waals surface area (Å²) >= 11 is 13.7. The predicted octanol–water partition coefficient (Wildman–Crippen LogP) is 4.60. The van der Waals surface area contributed by atoms with E-state index < -0.39 is 0 Å². The molecule has 2 aromatic rings. The van der Waals surface area contributed by atoms with E-state index in [0.29, 0.717) is 27.2 Å². The molecule has 3 rings (SSSR count). The summed E-state index contributed by atoms with van der Waals surface area (Å²) in [6.07, 6.45) is 0. The summed E-state index contributed by atoms with van der Waals surface area (Å²) in [6, 6.07) is 9.25. The molecule has 2 N–H and O–H groups in total. The van der Waals surface area contributed by atoms with E-state index in [1.165, 1.54) is 0 Å². The monoisotopic (exact) mass is 327 g/mol. The molecule has 0 aliphatic carbocycles. The van der Waals surface area contributed by atoms with E-state index in [4.69, 9.17) is 38.4 Å². The average Bonchev–Trinajstić information content (AvgIpc) is 2.89. The second-order valence-electron chi connectivity index (χ2n) is 4.28. The van der Waals surface area contributed by atoms with Gasteiger partial charge in [-0.1, -0.05) is 23.2 Å². The first kappa shape index (κ1) is 13.7. The van der Waals surface area contributed by atoms with E-state index >= 15 is 0 Å². The number of fused-ring (bicyclic) bond motifs is 1. The lowest BCUT2D eigenvalue weighted by Gasteiger charge is -2.07.